The van der Waals surface area contributed by atoms with Crippen LogP contribution in [0.3, 0.4) is 0 Å². The normalized spacial score (nSPS) is 16.3. The first-order valence-corrected chi connectivity index (χ1v) is 11.5. The lowest BCUT2D eigenvalue weighted by Gasteiger charge is -2.38. The van der Waals surface area contributed by atoms with Gasteiger partial charge in [0.05, 0.1) is 11.6 Å². The summed E-state index contributed by atoms with van der Waals surface area (Å²) in [6, 6.07) is 18.0. The summed E-state index contributed by atoms with van der Waals surface area (Å²) in [5, 5.41) is 12.8. The molecule has 0 spiro atoms. The van der Waals surface area contributed by atoms with Crippen molar-refractivity contribution >= 4 is 17.1 Å². The van der Waals surface area contributed by atoms with Gasteiger partial charge in [0, 0.05) is 25.2 Å². The van der Waals surface area contributed by atoms with Gasteiger partial charge in [-0.05, 0) is 55.5 Å². The smallest absolute Gasteiger partial charge is 0.295 e. The summed E-state index contributed by atoms with van der Waals surface area (Å²) in [6.45, 7) is 6.40. The first-order chi connectivity index (χ1) is 15.2. The molecule has 1 atom stereocenters. The number of likely N-dealkylation sites (tertiary alicyclic amines) is 1. The van der Waals surface area contributed by atoms with Crippen molar-refractivity contribution in [3.63, 3.8) is 0 Å². The summed E-state index contributed by atoms with van der Waals surface area (Å²) in [5.74, 6) is 0. The van der Waals surface area contributed by atoms with E-state index in [9.17, 15) is 5.26 Å². The van der Waals surface area contributed by atoms with Crippen LogP contribution in [0.25, 0.3) is 11.1 Å². The van der Waals surface area contributed by atoms with Gasteiger partial charge in [0.1, 0.15) is 5.52 Å². The lowest BCUT2D eigenvalue weighted by molar-refractivity contribution is 0.146. The molecule has 0 saturated carbocycles. The molecule has 1 aliphatic heterocycles. The van der Waals surface area contributed by atoms with Crippen LogP contribution in [0.1, 0.15) is 68.2 Å². The van der Waals surface area contributed by atoms with Crippen LogP contribution in [-0.2, 0) is 0 Å². The van der Waals surface area contributed by atoms with Crippen molar-refractivity contribution in [2.75, 3.05) is 18.4 Å². The number of rotatable bonds is 8. The van der Waals surface area contributed by atoms with Gasteiger partial charge in [0.25, 0.3) is 6.01 Å². The molecule has 1 fully saturated rings. The number of aryl methyl sites for hydroxylation is 1. The fraction of sp³-hybridized carbons (Fsp3) is 0.462. The maximum atomic E-state index is 9.29. The molecule has 5 heteroatoms. The van der Waals surface area contributed by atoms with E-state index < -0.39 is 0 Å². The quantitative estimate of drug-likeness (QED) is 0.443. The first kappa shape index (κ1) is 21.4. The Morgan fingerprint density at radius 3 is 2.71 bits per heavy atom. The molecular weight excluding hydrogens is 384 g/mol. The summed E-state index contributed by atoms with van der Waals surface area (Å²) < 4.78 is 5.85. The molecule has 0 aliphatic carbocycles. The molecule has 1 aliphatic rings. The highest BCUT2D eigenvalue weighted by atomic mass is 16.4. The lowest BCUT2D eigenvalue weighted by atomic mass is 9.93. The monoisotopic (exact) mass is 416 g/mol. The van der Waals surface area contributed by atoms with Crippen molar-refractivity contribution in [3.8, 4) is 6.07 Å². The van der Waals surface area contributed by atoms with E-state index in [2.05, 4.69) is 40.3 Å². The first-order valence-electron chi connectivity index (χ1n) is 11.5. The van der Waals surface area contributed by atoms with Crippen molar-refractivity contribution in [1.82, 2.24) is 9.88 Å². The molecule has 1 saturated heterocycles. The number of hydrogen-bond donors (Lipinski definition) is 1. The van der Waals surface area contributed by atoms with E-state index in [1.54, 1.807) is 0 Å². The highest BCUT2D eigenvalue weighted by Gasteiger charge is 2.27. The molecule has 5 nitrogen and oxygen atoms in total. The van der Waals surface area contributed by atoms with Crippen LogP contribution < -0.4 is 5.32 Å². The van der Waals surface area contributed by atoms with Crippen LogP contribution in [0, 0.1) is 18.3 Å². The standard InChI is InChI=1S/C26H32N4O/c1-3-4-5-9-24(20-11-12-21(18-27)19(2)17-20)30-15-13-22(14-16-30)28-26-29-23-8-6-7-10-25(23)31-26/h6-8,10-12,17,22,24H,3-5,9,13-16H2,1-2H3,(H,28,29). The highest BCUT2D eigenvalue weighted by Crippen LogP contribution is 2.31. The molecule has 3 aromatic rings. The van der Waals surface area contributed by atoms with Gasteiger partial charge >= 0.3 is 0 Å². The second-order valence-electron chi connectivity index (χ2n) is 8.64. The number of oxazole rings is 1. The second kappa shape index (κ2) is 9.98. The number of benzene rings is 2. The number of hydrogen-bond acceptors (Lipinski definition) is 5. The van der Waals surface area contributed by atoms with Crippen LogP contribution in [-0.4, -0.2) is 29.0 Å². The van der Waals surface area contributed by atoms with Crippen LogP contribution in [0.4, 0.5) is 6.01 Å². The van der Waals surface area contributed by atoms with Crippen LogP contribution >= 0.6 is 0 Å². The lowest BCUT2D eigenvalue weighted by Crippen LogP contribution is -2.41. The predicted octanol–water partition coefficient (Wildman–Crippen LogP) is 6.21. The average Bonchev–Trinajstić information content (AvgIpc) is 3.20. The minimum absolute atomic E-state index is 0.378. The summed E-state index contributed by atoms with van der Waals surface area (Å²) in [6.07, 6.45) is 7.04. The van der Waals surface area contributed by atoms with Crippen molar-refractivity contribution in [2.24, 2.45) is 0 Å². The fourth-order valence-corrected chi connectivity index (χ4v) is 4.63. The molecule has 2 aromatic carbocycles. The Kier molecular flexibility index (Phi) is 6.89. The molecule has 4 rings (SSSR count). The molecule has 2 heterocycles. The molecule has 0 amide bonds. The zero-order valence-electron chi connectivity index (χ0n) is 18.6. The van der Waals surface area contributed by atoms with Crippen LogP contribution in [0.5, 0.6) is 0 Å². The number of nitriles is 1. The van der Waals surface area contributed by atoms with Crippen molar-refractivity contribution < 1.29 is 4.42 Å². The molecule has 1 unspecified atom stereocenters. The summed E-state index contributed by atoms with van der Waals surface area (Å²) in [4.78, 5) is 7.19. The van der Waals surface area contributed by atoms with Gasteiger partial charge in [-0.3, -0.25) is 4.90 Å². The SMILES string of the molecule is CCCCCC(c1ccc(C#N)c(C)c1)N1CCC(Nc2nc3ccccc3o2)CC1. The van der Waals surface area contributed by atoms with Crippen LogP contribution in [0.15, 0.2) is 46.9 Å². The molecule has 1 aromatic heterocycles. The van der Waals surface area contributed by atoms with Gasteiger partial charge in [-0.1, -0.05) is 50.5 Å². The van der Waals surface area contributed by atoms with E-state index in [4.69, 9.17) is 4.42 Å². The molecule has 31 heavy (non-hydrogen) atoms. The molecular formula is C26H32N4O. The number of nitrogens with zero attached hydrogens (tertiary/aromatic N) is 3. The summed E-state index contributed by atoms with van der Waals surface area (Å²) in [5.41, 5.74) is 4.92. The zero-order chi connectivity index (χ0) is 21.6. The maximum absolute atomic E-state index is 9.29. The number of fused-ring (bicyclic) bond motifs is 1. The van der Waals surface area contributed by atoms with E-state index >= 15 is 0 Å². The van der Waals surface area contributed by atoms with Crippen LogP contribution in [0.2, 0.25) is 0 Å². The summed E-state index contributed by atoms with van der Waals surface area (Å²) in [7, 11) is 0. The largest absolute Gasteiger partial charge is 0.424 e. The fourth-order valence-electron chi connectivity index (χ4n) is 4.63. The molecule has 1 N–H and O–H groups in total. The van der Waals surface area contributed by atoms with E-state index in [1.807, 2.05) is 37.3 Å². The van der Waals surface area contributed by atoms with Gasteiger partial charge < -0.3 is 9.73 Å². The summed E-state index contributed by atoms with van der Waals surface area (Å²) >= 11 is 0. The van der Waals surface area contributed by atoms with Crippen molar-refractivity contribution in [3.05, 3.63) is 59.2 Å². The third-order valence-electron chi connectivity index (χ3n) is 6.43. The zero-order valence-corrected chi connectivity index (χ0v) is 18.6. The molecule has 0 bridgehead atoms. The predicted molar refractivity (Wildman–Crippen MR) is 125 cm³/mol. The average molecular weight is 417 g/mol. The third kappa shape index (κ3) is 5.08. The number of para-hydroxylation sites is 2. The number of unbranched alkanes of at least 4 members (excludes halogenated alkanes) is 2. The maximum Gasteiger partial charge on any atom is 0.295 e. The Bertz CT molecular complexity index is 1010. The highest BCUT2D eigenvalue weighted by molar-refractivity contribution is 5.74. The third-order valence-corrected chi connectivity index (χ3v) is 6.43. The minimum Gasteiger partial charge on any atom is -0.424 e. The van der Waals surface area contributed by atoms with Gasteiger partial charge in [0.2, 0.25) is 0 Å². The Morgan fingerprint density at radius 1 is 1.19 bits per heavy atom. The van der Waals surface area contributed by atoms with E-state index in [1.165, 1.54) is 31.2 Å². The number of anilines is 1. The number of nitrogens with one attached hydrogen (secondary N) is 1. The van der Waals surface area contributed by atoms with Gasteiger partial charge in [0.15, 0.2) is 5.58 Å². The Balaban J connectivity index is 1.41. The van der Waals surface area contributed by atoms with E-state index in [0.717, 1.165) is 48.2 Å². The topological polar surface area (TPSA) is 65.1 Å². The number of piperidine rings is 1. The van der Waals surface area contributed by atoms with Gasteiger partial charge in [-0.25, -0.2) is 0 Å². The van der Waals surface area contributed by atoms with Crippen molar-refractivity contribution in [1.29, 1.82) is 5.26 Å². The number of aromatic nitrogens is 1. The molecule has 0 radical (unpaired) electrons. The van der Waals surface area contributed by atoms with Gasteiger partial charge in [-0.15, -0.1) is 0 Å². The second-order valence-corrected chi connectivity index (χ2v) is 8.64. The Labute approximate surface area is 185 Å². The van der Waals surface area contributed by atoms with E-state index in [-0.39, 0.29) is 0 Å². The Morgan fingerprint density at radius 2 is 2.00 bits per heavy atom. The van der Waals surface area contributed by atoms with E-state index in [0.29, 0.717) is 18.1 Å². The Hall–Kier alpha value is -2.84. The van der Waals surface area contributed by atoms with Crippen molar-refractivity contribution in [2.45, 2.75) is 64.5 Å². The van der Waals surface area contributed by atoms with Gasteiger partial charge in [-0.2, -0.15) is 10.2 Å². The molecule has 162 valence electrons. The minimum atomic E-state index is 0.378.